The van der Waals surface area contributed by atoms with Crippen LogP contribution in [0.3, 0.4) is 0 Å². The molecule has 1 aromatic heterocycles. The van der Waals surface area contributed by atoms with Crippen molar-refractivity contribution in [1.82, 2.24) is 15.1 Å². The average molecular weight is 504 g/mol. The molecule has 0 bridgehead atoms. The van der Waals surface area contributed by atoms with Crippen molar-refractivity contribution in [1.29, 1.82) is 0 Å². The van der Waals surface area contributed by atoms with Gasteiger partial charge in [0, 0.05) is 19.5 Å². The number of aryl methyl sites for hydroxylation is 1. The highest BCUT2D eigenvalue weighted by atomic mass is 16.6. The fraction of sp³-hybridized carbons (Fsp3) is 0.692. The number of ether oxygens (including phenoxy) is 1. The van der Waals surface area contributed by atoms with Gasteiger partial charge >= 0.3 is 11.8 Å². The molecule has 2 aliphatic heterocycles. The highest BCUT2D eigenvalue weighted by Crippen LogP contribution is 2.25. The summed E-state index contributed by atoms with van der Waals surface area (Å²) in [6.07, 6.45) is 10.1. The molecule has 198 valence electrons. The third-order valence-electron chi connectivity index (χ3n) is 7.02. The van der Waals surface area contributed by atoms with E-state index >= 15 is 0 Å². The third-order valence-corrected chi connectivity index (χ3v) is 7.02. The third kappa shape index (κ3) is 7.98. The molecule has 10 heteroatoms. The zero-order valence-electron chi connectivity index (χ0n) is 21.3. The van der Waals surface area contributed by atoms with Gasteiger partial charge in [-0.25, -0.2) is 4.79 Å². The van der Waals surface area contributed by atoms with Gasteiger partial charge in [-0.05, 0) is 65.0 Å². The molecule has 3 heterocycles. The van der Waals surface area contributed by atoms with Crippen molar-refractivity contribution >= 4 is 17.8 Å². The predicted molar refractivity (Wildman–Crippen MR) is 131 cm³/mol. The largest absolute Gasteiger partial charge is 0.519 e. The van der Waals surface area contributed by atoms with Crippen molar-refractivity contribution < 1.29 is 28.0 Å². The number of piperidine rings is 2. The molecule has 0 unspecified atom stereocenters. The van der Waals surface area contributed by atoms with Crippen LogP contribution in [0.1, 0.15) is 63.4 Å². The van der Waals surface area contributed by atoms with Gasteiger partial charge in [0.25, 0.3) is 0 Å². The number of likely N-dealkylation sites (tertiary alicyclic amines) is 2. The first-order valence-electron chi connectivity index (χ1n) is 12.8. The number of rotatable bonds is 10. The fourth-order valence-electron chi connectivity index (χ4n) is 4.89. The summed E-state index contributed by atoms with van der Waals surface area (Å²) in [7, 11) is 0. The summed E-state index contributed by atoms with van der Waals surface area (Å²) in [5.41, 5.74) is 0. The van der Waals surface area contributed by atoms with E-state index in [0.29, 0.717) is 49.9 Å². The maximum absolute atomic E-state index is 12.9. The summed E-state index contributed by atoms with van der Waals surface area (Å²) in [5, 5.41) is 2.75. The molecule has 0 saturated carbocycles. The quantitative estimate of drug-likeness (QED) is 0.379. The van der Waals surface area contributed by atoms with Crippen LogP contribution in [-0.2, 0) is 25.7 Å². The van der Waals surface area contributed by atoms with E-state index in [1.807, 2.05) is 0 Å². The Morgan fingerprint density at radius 2 is 1.94 bits per heavy atom. The van der Waals surface area contributed by atoms with E-state index in [2.05, 4.69) is 16.1 Å². The second-order valence-electron chi connectivity index (χ2n) is 9.61. The first kappa shape index (κ1) is 27.5. The van der Waals surface area contributed by atoms with Gasteiger partial charge in [0.2, 0.25) is 11.8 Å². The minimum Gasteiger partial charge on any atom is -0.466 e. The summed E-state index contributed by atoms with van der Waals surface area (Å²) in [6.45, 7) is 7.02. The number of nitrogens with one attached hydrogen (secondary N) is 1. The molecule has 10 nitrogen and oxygen atoms in total. The van der Waals surface area contributed by atoms with E-state index in [4.69, 9.17) is 20.0 Å². The van der Waals surface area contributed by atoms with Gasteiger partial charge in [-0.15, -0.1) is 6.42 Å². The van der Waals surface area contributed by atoms with Gasteiger partial charge in [0.05, 0.1) is 25.5 Å². The van der Waals surface area contributed by atoms with E-state index < -0.39 is 17.8 Å². The summed E-state index contributed by atoms with van der Waals surface area (Å²) < 4.78 is 14.9. The molecule has 0 aliphatic carbocycles. The van der Waals surface area contributed by atoms with Gasteiger partial charge in [-0.1, -0.05) is 5.92 Å². The van der Waals surface area contributed by atoms with Crippen molar-refractivity contribution in [3.63, 3.8) is 0 Å². The normalized spacial score (nSPS) is 19.9. The van der Waals surface area contributed by atoms with E-state index in [0.717, 1.165) is 38.8 Å². The summed E-state index contributed by atoms with van der Waals surface area (Å²) in [6, 6.07) is -0.720. The highest BCUT2D eigenvalue weighted by molar-refractivity contribution is 5.82. The Kier molecular flexibility index (Phi) is 10.2. The summed E-state index contributed by atoms with van der Waals surface area (Å²) in [5.74, 6) is 2.39. The topological polar surface area (TPSA) is 122 Å². The molecule has 2 fully saturated rings. The number of carbonyl (C=O) groups is 3. The maximum atomic E-state index is 12.9. The van der Waals surface area contributed by atoms with E-state index in [9.17, 15) is 19.2 Å². The van der Waals surface area contributed by atoms with E-state index in [1.165, 1.54) is 0 Å². The minimum absolute atomic E-state index is 0.0691. The van der Waals surface area contributed by atoms with Gasteiger partial charge < -0.3 is 23.8 Å². The molecular formula is C26H37N3O7. The van der Waals surface area contributed by atoms with Gasteiger partial charge in [0.15, 0.2) is 5.76 Å². The van der Waals surface area contributed by atoms with Crippen LogP contribution in [0.25, 0.3) is 0 Å². The molecular weight excluding hydrogens is 466 g/mol. The number of hydrogen-bond acceptors (Lipinski definition) is 8. The number of nitrogens with zero attached hydrogens (tertiary/aromatic N) is 2. The Balaban J connectivity index is 1.39. The van der Waals surface area contributed by atoms with Gasteiger partial charge in [-0.2, -0.15) is 0 Å². The van der Waals surface area contributed by atoms with Crippen molar-refractivity contribution in [2.24, 2.45) is 11.8 Å². The average Bonchev–Trinajstić information content (AvgIpc) is 3.19. The lowest BCUT2D eigenvalue weighted by Crippen LogP contribution is -2.47. The second kappa shape index (κ2) is 13.3. The molecule has 2 amide bonds. The highest BCUT2D eigenvalue weighted by Gasteiger charge is 2.30. The minimum atomic E-state index is -0.720. The Bertz CT molecular complexity index is 1000. The van der Waals surface area contributed by atoms with Crippen molar-refractivity contribution in [2.45, 2.75) is 71.4 Å². The van der Waals surface area contributed by atoms with Gasteiger partial charge in [0.1, 0.15) is 11.8 Å². The number of carbonyl (C=O) groups excluding carboxylic acids is 3. The number of terminal acetylenes is 1. The van der Waals surface area contributed by atoms with Crippen molar-refractivity contribution in [3.05, 3.63) is 22.1 Å². The standard InChI is InChI=1S/C26H37N3O7/c1-4-21(15-24(31)34-5-2)27-25(32)20-7-6-12-29(16-20)23(30)9-8-19-10-13-28(14-11-19)17-22-18(3)35-26(33)36-22/h1,19-21H,5-17H2,2-3H3,(H,27,32)/t20-,21-/m1/s1. The first-order valence-corrected chi connectivity index (χ1v) is 12.8. The zero-order chi connectivity index (χ0) is 26.1. The number of hydrogen-bond donors (Lipinski definition) is 1. The summed E-state index contributed by atoms with van der Waals surface area (Å²) in [4.78, 5) is 52.5. The second-order valence-corrected chi connectivity index (χ2v) is 9.61. The summed E-state index contributed by atoms with van der Waals surface area (Å²) >= 11 is 0. The van der Waals surface area contributed by atoms with Crippen LogP contribution in [0.2, 0.25) is 0 Å². The van der Waals surface area contributed by atoms with E-state index in [-0.39, 0.29) is 30.8 Å². The maximum Gasteiger partial charge on any atom is 0.519 e. The van der Waals surface area contributed by atoms with Crippen LogP contribution in [0.15, 0.2) is 13.6 Å². The molecule has 2 aliphatic rings. The van der Waals surface area contributed by atoms with Crippen LogP contribution in [0.5, 0.6) is 0 Å². The molecule has 0 spiro atoms. The molecule has 3 rings (SSSR count). The van der Waals surface area contributed by atoms with Gasteiger partial charge in [-0.3, -0.25) is 19.3 Å². The van der Waals surface area contributed by atoms with Crippen LogP contribution < -0.4 is 11.1 Å². The first-order chi connectivity index (χ1) is 17.3. The van der Waals surface area contributed by atoms with Crippen molar-refractivity contribution in [2.75, 3.05) is 32.8 Å². The predicted octanol–water partition coefficient (Wildman–Crippen LogP) is 1.84. The molecule has 2 atom stereocenters. The van der Waals surface area contributed by atoms with Crippen LogP contribution in [0.4, 0.5) is 0 Å². The Labute approximate surface area is 211 Å². The fourth-order valence-corrected chi connectivity index (χ4v) is 4.89. The molecule has 1 aromatic rings. The zero-order valence-corrected chi connectivity index (χ0v) is 21.3. The van der Waals surface area contributed by atoms with Crippen LogP contribution >= 0.6 is 0 Å². The Hall–Kier alpha value is -3.06. The Morgan fingerprint density at radius 1 is 1.19 bits per heavy atom. The van der Waals surface area contributed by atoms with Crippen LogP contribution in [0, 0.1) is 31.1 Å². The lowest BCUT2D eigenvalue weighted by molar-refractivity contribution is -0.143. The molecule has 1 N–H and O–H groups in total. The number of esters is 1. The smallest absolute Gasteiger partial charge is 0.466 e. The number of amides is 2. The SMILES string of the molecule is C#C[C@H](CC(=O)OCC)NC(=O)[C@@H]1CCCN(C(=O)CCC2CCN(Cc3oc(=O)oc3C)CC2)C1. The molecule has 0 radical (unpaired) electrons. The Morgan fingerprint density at radius 3 is 2.58 bits per heavy atom. The van der Waals surface area contributed by atoms with E-state index in [1.54, 1.807) is 18.7 Å². The monoisotopic (exact) mass is 503 g/mol. The van der Waals surface area contributed by atoms with Crippen molar-refractivity contribution in [3.8, 4) is 12.3 Å². The molecule has 0 aromatic carbocycles. The molecule has 36 heavy (non-hydrogen) atoms. The van der Waals surface area contributed by atoms with Crippen LogP contribution in [-0.4, -0.2) is 66.4 Å². The molecule has 2 saturated heterocycles. The lowest BCUT2D eigenvalue weighted by Gasteiger charge is -2.34. The lowest BCUT2D eigenvalue weighted by atomic mass is 9.91.